The van der Waals surface area contributed by atoms with Crippen molar-refractivity contribution in [3.05, 3.63) is 47.9 Å². The molecule has 4 rings (SSSR count). The summed E-state index contributed by atoms with van der Waals surface area (Å²) in [5.74, 6) is -0.572. The van der Waals surface area contributed by atoms with Gasteiger partial charge in [-0.15, -0.1) is 5.10 Å². The van der Waals surface area contributed by atoms with Crippen molar-refractivity contribution >= 4 is 16.9 Å². The molecule has 0 radical (unpaired) electrons. The molecule has 0 spiro atoms. The summed E-state index contributed by atoms with van der Waals surface area (Å²) in [4.78, 5) is 16.8. The van der Waals surface area contributed by atoms with Crippen molar-refractivity contribution in [1.82, 2.24) is 24.9 Å². The molecule has 0 bridgehead atoms. The topological polar surface area (TPSA) is 87.0 Å². The summed E-state index contributed by atoms with van der Waals surface area (Å²) < 4.78 is 1.65. The smallest absolute Gasteiger partial charge is 0.358 e. The van der Waals surface area contributed by atoms with Crippen molar-refractivity contribution in [3.8, 4) is 0 Å². The van der Waals surface area contributed by atoms with E-state index in [1.54, 1.807) is 4.68 Å². The number of para-hydroxylation sites is 1. The van der Waals surface area contributed by atoms with E-state index in [4.69, 9.17) is 5.11 Å². The predicted molar refractivity (Wildman–Crippen MR) is 93.3 cm³/mol. The number of carboxylic acid groups (broad SMARTS) is 1. The fourth-order valence-corrected chi connectivity index (χ4v) is 3.65. The predicted octanol–water partition coefficient (Wildman–Crippen LogP) is 2.37. The molecule has 1 aliphatic rings. The van der Waals surface area contributed by atoms with Crippen LogP contribution in [0.1, 0.15) is 29.0 Å². The van der Waals surface area contributed by atoms with E-state index in [2.05, 4.69) is 44.5 Å². The van der Waals surface area contributed by atoms with Crippen LogP contribution in [-0.2, 0) is 13.1 Å². The molecule has 7 nitrogen and oxygen atoms in total. The highest BCUT2D eigenvalue weighted by Crippen LogP contribution is 2.21. The highest BCUT2D eigenvalue weighted by Gasteiger charge is 2.22. The minimum absolute atomic E-state index is 0.00532. The first-order chi connectivity index (χ1) is 12.2. The van der Waals surface area contributed by atoms with E-state index in [1.165, 1.54) is 22.8 Å². The second-order valence-electron chi connectivity index (χ2n) is 6.76. The number of carbonyl (C=O) groups is 1. The van der Waals surface area contributed by atoms with Crippen LogP contribution in [0.15, 0.2) is 36.5 Å². The number of rotatable bonds is 5. The Morgan fingerprint density at radius 1 is 1.36 bits per heavy atom. The molecule has 7 heteroatoms. The maximum atomic E-state index is 10.9. The number of H-pyrrole nitrogens is 1. The van der Waals surface area contributed by atoms with Crippen LogP contribution < -0.4 is 0 Å². The molecule has 2 aromatic heterocycles. The van der Waals surface area contributed by atoms with Gasteiger partial charge < -0.3 is 10.1 Å². The van der Waals surface area contributed by atoms with Crippen molar-refractivity contribution < 1.29 is 9.90 Å². The Kier molecular flexibility index (Phi) is 4.23. The minimum atomic E-state index is -1.03. The van der Waals surface area contributed by atoms with Gasteiger partial charge in [0.2, 0.25) is 0 Å². The Morgan fingerprint density at radius 2 is 2.24 bits per heavy atom. The summed E-state index contributed by atoms with van der Waals surface area (Å²) in [6, 6.07) is 10.5. The summed E-state index contributed by atoms with van der Waals surface area (Å²) in [7, 11) is 0. The summed E-state index contributed by atoms with van der Waals surface area (Å²) in [5, 5.41) is 17.8. The summed E-state index contributed by atoms with van der Waals surface area (Å²) >= 11 is 0. The molecule has 130 valence electrons. The molecule has 2 N–H and O–H groups in total. The molecular formula is C18H21N5O2. The Hall–Kier alpha value is -2.67. The first kappa shape index (κ1) is 15.8. The molecule has 0 amide bonds. The molecule has 1 aromatic carbocycles. The van der Waals surface area contributed by atoms with Gasteiger partial charge in [-0.25, -0.2) is 4.79 Å². The number of carboxylic acids is 1. The van der Waals surface area contributed by atoms with E-state index >= 15 is 0 Å². The van der Waals surface area contributed by atoms with Gasteiger partial charge in [-0.1, -0.05) is 23.4 Å². The molecular weight excluding hydrogens is 318 g/mol. The molecule has 1 saturated heterocycles. The van der Waals surface area contributed by atoms with Gasteiger partial charge in [-0.2, -0.15) is 0 Å². The second-order valence-corrected chi connectivity index (χ2v) is 6.76. The molecule has 3 heterocycles. The fourth-order valence-electron chi connectivity index (χ4n) is 3.65. The lowest BCUT2D eigenvalue weighted by Gasteiger charge is -2.32. The van der Waals surface area contributed by atoms with Crippen LogP contribution in [0.2, 0.25) is 0 Å². The number of piperidine rings is 1. The largest absolute Gasteiger partial charge is 0.476 e. The van der Waals surface area contributed by atoms with Crippen LogP contribution in [0, 0.1) is 5.92 Å². The Morgan fingerprint density at radius 3 is 3.04 bits per heavy atom. The van der Waals surface area contributed by atoms with Gasteiger partial charge >= 0.3 is 5.97 Å². The lowest BCUT2D eigenvalue weighted by molar-refractivity contribution is 0.0690. The lowest BCUT2D eigenvalue weighted by Crippen LogP contribution is -2.36. The van der Waals surface area contributed by atoms with Crippen molar-refractivity contribution in [2.45, 2.75) is 25.9 Å². The summed E-state index contributed by atoms with van der Waals surface area (Å²) in [6.45, 7) is 3.69. The minimum Gasteiger partial charge on any atom is -0.476 e. The zero-order chi connectivity index (χ0) is 17.2. The fraction of sp³-hybridized carbons (Fsp3) is 0.389. The number of nitrogens with one attached hydrogen (secondary N) is 1. The van der Waals surface area contributed by atoms with Gasteiger partial charge in [0.25, 0.3) is 0 Å². The van der Waals surface area contributed by atoms with Crippen LogP contribution in [0.25, 0.3) is 10.9 Å². The maximum absolute atomic E-state index is 10.9. The zero-order valence-corrected chi connectivity index (χ0v) is 13.9. The van der Waals surface area contributed by atoms with E-state index in [0.29, 0.717) is 12.5 Å². The standard InChI is InChI=1S/C18H21N5O2/c24-18(25)17-12-23(21-20-17)10-13-4-3-7-22(9-13)11-15-8-14-5-1-2-6-16(14)19-15/h1-2,5-6,8,12-13,19H,3-4,7,9-11H2,(H,24,25)/t13-/m0/s1. The van der Waals surface area contributed by atoms with Crippen LogP contribution in [0.3, 0.4) is 0 Å². The van der Waals surface area contributed by atoms with E-state index < -0.39 is 5.97 Å². The van der Waals surface area contributed by atoms with Crippen molar-refractivity contribution in [2.24, 2.45) is 5.92 Å². The molecule has 1 atom stereocenters. The zero-order valence-electron chi connectivity index (χ0n) is 13.9. The monoisotopic (exact) mass is 339 g/mol. The van der Waals surface area contributed by atoms with E-state index in [0.717, 1.165) is 32.5 Å². The van der Waals surface area contributed by atoms with Gasteiger partial charge in [0.1, 0.15) is 0 Å². The average molecular weight is 339 g/mol. The maximum Gasteiger partial charge on any atom is 0.358 e. The molecule has 1 fully saturated rings. The highest BCUT2D eigenvalue weighted by molar-refractivity contribution is 5.84. The van der Waals surface area contributed by atoms with Gasteiger partial charge in [-0.3, -0.25) is 9.58 Å². The number of aromatic carboxylic acids is 1. The van der Waals surface area contributed by atoms with E-state index in [1.807, 2.05) is 6.07 Å². The Labute approximate surface area is 145 Å². The number of aromatic amines is 1. The number of benzene rings is 1. The number of hydrogen-bond acceptors (Lipinski definition) is 4. The number of nitrogens with zero attached hydrogens (tertiary/aromatic N) is 4. The van der Waals surface area contributed by atoms with Crippen LogP contribution in [-0.4, -0.2) is 49.0 Å². The lowest BCUT2D eigenvalue weighted by atomic mass is 9.98. The second kappa shape index (κ2) is 6.68. The van der Waals surface area contributed by atoms with Gasteiger partial charge in [0, 0.05) is 30.8 Å². The van der Waals surface area contributed by atoms with Crippen molar-refractivity contribution in [3.63, 3.8) is 0 Å². The van der Waals surface area contributed by atoms with E-state index in [-0.39, 0.29) is 5.69 Å². The van der Waals surface area contributed by atoms with Crippen molar-refractivity contribution in [2.75, 3.05) is 13.1 Å². The van der Waals surface area contributed by atoms with Crippen LogP contribution in [0.4, 0.5) is 0 Å². The molecule has 0 saturated carbocycles. The SMILES string of the molecule is O=C(O)c1cn(C[C@H]2CCCN(Cc3cc4ccccc4[nH]3)C2)nn1. The number of aromatic nitrogens is 4. The van der Waals surface area contributed by atoms with Gasteiger partial charge in [0.05, 0.1) is 6.20 Å². The first-order valence-electron chi connectivity index (χ1n) is 8.60. The highest BCUT2D eigenvalue weighted by atomic mass is 16.4. The first-order valence-corrected chi connectivity index (χ1v) is 8.60. The van der Waals surface area contributed by atoms with Gasteiger partial charge in [0.15, 0.2) is 5.69 Å². The third kappa shape index (κ3) is 3.56. The van der Waals surface area contributed by atoms with Crippen molar-refractivity contribution in [1.29, 1.82) is 0 Å². The summed E-state index contributed by atoms with van der Waals surface area (Å²) in [6.07, 6.45) is 3.79. The molecule has 1 aliphatic heterocycles. The summed E-state index contributed by atoms with van der Waals surface area (Å²) in [5.41, 5.74) is 2.41. The number of hydrogen-bond donors (Lipinski definition) is 2. The van der Waals surface area contributed by atoms with E-state index in [9.17, 15) is 4.79 Å². The molecule has 0 unspecified atom stereocenters. The average Bonchev–Trinajstić information content (AvgIpc) is 3.21. The Bertz CT molecular complexity index is 851. The van der Waals surface area contributed by atoms with Gasteiger partial charge in [-0.05, 0) is 42.8 Å². The van der Waals surface area contributed by atoms with Crippen LogP contribution in [0.5, 0.6) is 0 Å². The normalized spacial score (nSPS) is 18.6. The third-order valence-corrected chi connectivity index (χ3v) is 4.79. The molecule has 0 aliphatic carbocycles. The quantitative estimate of drug-likeness (QED) is 0.745. The van der Waals surface area contributed by atoms with Crippen LogP contribution >= 0.6 is 0 Å². The number of likely N-dealkylation sites (tertiary alicyclic amines) is 1. The molecule has 25 heavy (non-hydrogen) atoms. The Balaban J connectivity index is 1.39. The molecule has 3 aromatic rings. The third-order valence-electron chi connectivity index (χ3n) is 4.79. The number of fused-ring (bicyclic) bond motifs is 1.